The highest BCUT2D eigenvalue weighted by molar-refractivity contribution is 7.14. The Balaban J connectivity index is 2.24. The lowest BCUT2D eigenvalue weighted by molar-refractivity contribution is -0.144. The fourth-order valence-electron chi connectivity index (χ4n) is 1.80. The summed E-state index contributed by atoms with van der Waals surface area (Å²) in [6.07, 6.45) is 0. The first kappa shape index (κ1) is 16.0. The Morgan fingerprint density at radius 3 is 2.77 bits per heavy atom. The first-order chi connectivity index (χ1) is 10.4. The van der Waals surface area contributed by atoms with Gasteiger partial charge in [0.25, 0.3) is 0 Å². The van der Waals surface area contributed by atoms with E-state index in [1.165, 1.54) is 18.3 Å². The molecule has 6 nitrogen and oxygen atoms in total. The standard InChI is InChI=1S/C15H16N2O4S/c1-8-4-5-12(21-3)10(6-8)11-7-22-15(16-11)17-13(18)9(2)14(19)20/h4-7,9H,1-3H3,(H,19,20)(H,16,17,18). The van der Waals surface area contributed by atoms with E-state index in [2.05, 4.69) is 10.3 Å². The summed E-state index contributed by atoms with van der Waals surface area (Å²) in [6.45, 7) is 3.29. The minimum atomic E-state index is -1.17. The van der Waals surface area contributed by atoms with E-state index in [0.29, 0.717) is 16.6 Å². The lowest BCUT2D eigenvalue weighted by Crippen LogP contribution is -2.26. The summed E-state index contributed by atoms with van der Waals surface area (Å²) >= 11 is 1.24. The van der Waals surface area contributed by atoms with Gasteiger partial charge in [0, 0.05) is 10.9 Å². The number of amides is 1. The lowest BCUT2D eigenvalue weighted by atomic mass is 10.1. The summed E-state index contributed by atoms with van der Waals surface area (Å²) in [4.78, 5) is 26.8. The van der Waals surface area contributed by atoms with Crippen molar-refractivity contribution in [1.82, 2.24) is 4.98 Å². The van der Waals surface area contributed by atoms with Gasteiger partial charge in [-0.1, -0.05) is 11.6 Å². The highest BCUT2D eigenvalue weighted by atomic mass is 32.1. The van der Waals surface area contributed by atoms with Crippen molar-refractivity contribution in [2.75, 3.05) is 12.4 Å². The van der Waals surface area contributed by atoms with Crippen molar-refractivity contribution in [2.24, 2.45) is 5.92 Å². The molecule has 2 N–H and O–H groups in total. The van der Waals surface area contributed by atoms with Crippen LogP contribution in [0.15, 0.2) is 23.6 Å². The van der Waals surface area contributed by atoms with E-state index < -0.39 is 17.8 Å². The summed E-state index contributed by atoms with van der Waals surface area (Å²) < 4.78 is 5.31. The SMILES string of the molecule is COc1ccc(C)cc1-c1csc(NC(=O)C(C)C(=O)O)n1. The van der Waals surface area contributed by atoms with E-state index in [-0.39, 0.29) is 0 Å². The van der Waals surface area contributed by atoms with Crippen molar-refractivity contribution in [3.05, 3.63) is 29.1 Å². The fourth-order valence-corrected chi connectivity index (χ4v) is 2.52. The number of thiazole rings is 1. The average Bonchev–Trinajstić information content (AvgIpc) is 2.94. The molecule has 1 heterocycles. The van der Waals surface area contributed by atoms with Crippen molar-refractivity contribution in [3.8, 4) is 17.0 Å². The number of ether oxygens (including phenoxy) is 1. The largest absolute Gasteiger partial charge is 0.496 e. The summed E-state index contributed by atoms with van der Waals surface area (Å²) in [5, 5.41) is 13.5. The number of nitrogens with one attached hydrogen (secondary N) is 1. The first-order valence-corrected chi connectivity index (χ1v) is 7.44. The predicted molar refractivity (Wildman–Crippen MR) is 84.3 cm³/mol. The average molecular weight is 320 g/mol. The number of carboxylic acid groups (broad SMARTS) is 1. The van der Waals surface area contributed by atoms with Crippen LogP contribution in [0.25, 0.3) is 11.3 Å². The number of methoxy groups -OCH3 is 1. The van der Waals surface area contributed by atoms with E-state index in [1.54, 1.807) is 12.5 Å². The van der Waals surface area contributed by atoms with Crippen LogP contribution in [0, 0.1) is 12.8 Å². The van der Waals surface area contributed by atoms with Crippen LogP contribution in [0.4, 0.5) is 5.13 Å². The number of carbonyl (C=O) groups is 2. The number of nitrogens with zero attached hydrogens (tertiary/aromatic N) is 1. The molecule has 1 unspecified atom stereocenters. The van der Waals surface area contributed by atoms with E-state index >= 15 is 0 Å². The van der Waals surface area contributed by atoms with Gasteiger partial charge in [-0.15, -0.1) is 11.3 Å². The number of anilines is 1. The minimum absolute atomic E-state index is 0.358. The van der Waals surface area contributed by atoms with Crippen molar-refractivity contribution >= 4 is 28.3 Å². The van der Waals surface area contributed by atoms with Crippen molar-refractivity contribution in [2.45, 2.75) is 13.8 Å². The maximum Gasteiger partial charge on any atom is 0.315 e. The molecular weight excluding hydrogens is 304 g/mol. The molecule has 2 rings (SSSR count). The fraction of sp³-hybridized carbons (Fsp3) is 0.267. The Kier molecular flexibility index (Phi) is 4.77. The molecule has 0 saturated carbocycles. The number of hydrogen-bond donors (Lipinski definition) is 2. The Bertz CT molecular complexity index is 711. The van der Waals surface area contributed by atoms with Gasteiger partial charge < -0.3 is 15.2 Å². The van der Waals surface area contributed by atoms with Crippen LogP contribution in [0.5, 0.6) is 5.75 Å². The van der Waals surface area contributed by atoms with Gasteiger partial charge in [-0.05, 0) is 26.0 Å². The van der Waals surface area contributed by atoms with E-state index in [9.17, 15) is 9.59 Å². The molecule has 0 fully saturated rings. The van der Waals surface area contributed by atoms with E-state index in [0.717, 1.165) is 11.1 Å². The van der Waals surface area contributed by atoms with Gasteiger partial charge in [0.1, 0.15) is 11.7 Å². The Morgan fingerprint density at radius 1 is 1.41 bits per heavy atom. The van der Waals surface area contributed by atoms with Crippen molar-refractivity contribution < 1.29 is 19.4 Å². The third-order valence-corrected chi connectivity index (χ3v) is 3.89. The van der Waals surface area contributed by atoms with Crippen LogP contribution in [-0.2, 0) is 9.59 Å². The first-order valence-electron chi connectivity index (χ1n) is 6.56. The molecule has 0 radical (unpaired) electrons. The highest BCUT2D eigenvalue weighted by Crippen LogP contribution is 2.33. The van der Waals surface area contributed by atoms with Gasteiger partial charge in [-0.25, -0.2) is 4.98 Å². The number of aromatic nitrogens is 1. The van der Waals surface area contributed by atoms with Gasteiger partial charge in [0.05, 0.1) is 12.8 Å². The molecule has 22 heavy (non-hydrogen) atoms. The van der Waals surface area contributed by atoms with Gasteiger partial charge in [0.15, 0.2) is 5.13 Å². The summed E-state index contributed by atoms with van der Waals surface area (Å²) in [7, 11) is 1.58. The molecule has 0 aliphatic heterocycles. The maximum absolute atomic E-state index is 11.7. The summed E-state index contributed by atoms with van der Waals surface area (Å²) in [5.74, 6) is -2.20. The molecule has 0 spiro atoms. The Hall–Kier alpha value is -2.41. The zero-order chi connectivity index (χ0) is 16.3. The topological polar surface area (TPSA) is 88.5 Å². The molecule has 1 aromatic carbocycles. The number of aliphatic carboxylic acids is 1. The van der Waals surface area contributed by atoms with Crippen molar-refractivity contribution in [1.29, 1.82) is 0 Å². The molecule has 116 valence electrons. The normalized spacial score (nSPS) is 11.8. The van der Waals surface area contributed by atoms with E-state index in [1.807, 2.05) is 25.1 Å². The summed E-state index contributed by atoms with van der Waals surface area (Å²) in [5.41, 5.74) is 2.56. The predicted octanol–water partition coefficient (Wildman–Crippen LogP) is 2.79. The number of carbonyl (C=O) groups excluding carboxylic acids is 1. The Labute approximate surface area is 131 Å². The third-order valence-electron chi connectivity index (χ3n) is 3.13. The molecule has 1 atom stereocenters. The molecular formula is C15H16N2O4S. The zero-order valence-corrected chi connectivity index (χ0v) is 13.2. The number of rotatable bonds is 5. The zero-order valence-electron chi connectivity index (χ0n) is 12.4. The van der Waals surface area contributed by atoms with E-state index in [4.69, 9.17) is 9.84 Å². The summed E-state index contributed by atoms with van der Waals surface area (Å²) in [6, 6.07) is 5.74. The Morgan fingerprint density at radius 2 is 2.14 bits per heavy atom. The van der Waals surface area contributed by atoms with Crippen LogP contribution in [0.2, 0.25) is 0 Å². The highest BCUT2D eigenvalue weighted by Gasteiger charge is 2.21. The van der Waals surface area contributed by atoms with Gasteiger partial charge in [-0.3, -0.25) is 9.59 Å². The van der Waals surface area contributed by atoms with Crippen LogP contribution in [0.3, 0.4) is 0 Å². The second-order valence-corrected chi connectivity index (χ2v) is 5.65. The van der Waals surface area contributed by atoms with Crippen LogP contribution < -0.4 is 10.1 Å². The molecule has 0 bridgehead atoms. The smallest absolute Gasteiger partial charge is 0.315 e. The minimum Gasteiger partial charge on any atom is -0.496 e. The molecule has 0 saturated heterocycles. The lowest BCUT2D eigenvalue weighted by Gasteiger charge is -2.07. The molecule has 1 amide bonds. The van der Waals surface area contributed by atoms with Gasteiger partial charge >= 0.3 is 5.97 Å². The monoisotopic (exact) mass is 320 g/mol. The molecule has 0 aliphatic rings. The molecule has 2 aromatic rings. The number of hydrogen-bond acceptors (Lipinski definition) is 5. The van der Waals surface area contributed by atoms with Crippen LogP contribution in [0.1, 0.15) is 12.5 Å². The number of benzene rings is 1. The molecule has 7 heteroatoms. The van der Waals surface area contributed by atoms with Gasteiger partial charge in [-0.2, -0.15) is 0 Å². The maximum atomic E-state index is 11.7. The second kappa shape index (κ2) is 6.57. The molecule has 1 aromatic heterocycles. The second-order valence-electron chi connectivity index (χ2n) is 4.79. The number of aryl methyl sites for hydroxylation is 1. The quantitative estimate of drug-likeness (QED) is 0.827. The molecule has 0 aliphatic carbocycles. The third kappa shape index (κ3) is 3.43. The van der Waals surface area contributed by atoms with Gasteiger partial charge in [0.2, 0.25) is 5.91 Å². The number of carboxylic acids is 1. The van der Waals surface area contributed by atoms with Crippen molar-refractivity contribution in [3.63, 3.8) is 0 Å². The van der Waals surface area contributed by atoms with Crippen LogP contribution >= 0.6 is 11.3 Å². The van der Waals surface area contributed by atoms with Crippen LogP contribution in [-0.4, -0.2) is 29.1 Å².